The Morgan fingerprint density at radius 3 is 2.28 bits per heavy atom. The molecule has 0 fully saturated rings. The van der Waals surface area contributed by atoms with Gasteiger partial charge < -0.3 is 10.5 Å². The minimum absolute atomic E-state index is 0.0782. The van der Waals surface area contributed by atoms with E-state index in [1.54, 1.807) is 13.8 Å². The molecule has 1 aromatic rings. The summed E-state index contributed by atoms with van der Waals surface area (Å²) in [5.74, 6) is 0.287. The Morgan fingerprint density at radius 2 is 1.89 bits per heavy atom. The summed E-state index contributed by atoms with van der Waals surface area (Å²) in [4.78, 5) is 0.0782. The van der Waals surface area contributed by atoms with Gasteiger partial charge in [-0.2, -0.15) is 4.31 Å². The van der Waals surface area contributed by atoms with Crippen LogP contribution in [-0.2, 0) is 10.0 Å². The number of nitrogens with zero attached hydrogens (tertiary/aromatic N) is 1. The molecular weight excluding hydrogens is 276 g/mol. The average molecular weight is 293 g/mol. The van der Waals surface area contributed by atoms with E-state index in [-0.39, 0.29) is 21.4 Å². The fraction of sp³-hybridized carbons (Fsp3) is 0.455. The molecule has 2 N–H and O–H groups in total. The van der Waals surface area contributed by atoms with Crippen molar-refractivity contribution >= 4 is 27.3 Å². The zero-order valence-corrected chi connectivity index (χ0v) is 12.2. The number of rotatable bonds is 5. The van der Waals surface area contributed by atoms with Crippen molar-refractivity contribution in [2.75, 3.05) is 25.9 Å². The topological polar surface area (TPSA) is 72.6 Å². The van der Waals surface area contributed by atoms with E-state index in [4.69, 9.17) is 22.1 Å². The number of sulfonamides is 1. The lowest BCUT2D eigenvalue weighted by Gasteiger charge is -2.19. The first kappa shape index (κ1) is 15.1. The third-order valence-corrected chi connectivity index (χ3v) is 4.90. The monoisotopic (exact) mass is 292 g/mol. The summed E-state index contributed by atoms with van der Waals surface area (Å²) in [6, 6.07) is 2.71. The van der Waals surface area contributed by atoms with E-state index in [1.165, 1.54) is 23.5 Å². The molecule has 0 radical (unpaired) electrons. The van der Waals surface area contributed by atoms with Crippen LogP contribution in [0.5, 0.6) is 5.75 Å². The molecule has 0 atom stereocenters. The Kier molecular flexibility index (Phi) is 4.84. The van der Waals surface area contributed by atoms with E-state index in [0.29, 0.717) is 13.1 Å². The lowest BCUT2D eigenvalue weighted by molar-refractivity contribution is 0.416. The zero-order chi connectivity index (χ0) is 13.9. The molecule has 0 bridgehead atoms. The van der Waals surface area contributed by atoms with Crippen LogP contribution in [-0.4, -0.2) is 32.9 Å². The molecule has 0 saturated carbocycles. The summed E-state index contributed by atoms with van der Waals surface area (Å²) >= 11 is 5.94. The van der Waals surface area contributed by atoms with Crippen LogP contribution in [0.3, 0.4) is 0 Å². The standard InChI is InChI=1S/C11H17ClN2O3S/c1-4-14(5-2)18(15,16)8-6-9(12)11(17-3)10(13)7-8/h6-7H,4-5,13H2,1-3H3. The van der Waals surface area contributed by atoms with E-state index in [1.807, 2.05) is 0 Å². The number of halogens is 1. The van der Waals surface area contributed by atoms with Crippen LogP contribution in [0.1, 0.15) is 13.8 Å². The first-order valence-corrected chi connectivity index (χ1v) is 7.33. The number of benzene rings is 1. The minimum Gasteiger partial charge on any atom is -0.493 e. The molecule has 0 aliphatic rings. The lowest BCUT2D eigenvalue weighted by Crippen LogP contribution is -2.30. The van der Waals surface area contributed by atoms with Crippen LogP contribution in [0.2, 0.25) is 5.02 Å². The second-order valence-electron chi connectivity index (χ2n) is 3.62. The van der Waals surface area contributed by atoms with Crippen molar-refractivity contribution in [1.29, 1.82) is 0 Å². The third-order valence-electron chi connectivity index (χ3n) is 2.59. The quantitative estimate of drug-likeness (QED) is 0.842. The predicted molar refractivity (Wildman–Crippen MR) is 72.5 cm³/mol. The second kappa shape index (κ2) is 5.77. The highest BCUT2D eigenvalue weighted by Crippen LogP contribution is 2.34. The smallest absolute Gasteiger partial charge is 0.243 e. The van der Waals surface area contributed by atoms with Gasteiger partial charge in [-0.25, -0.2) is 8.42 Å². The van der Waals surface area contributed by atoms with Crippen molar-refractivity contribution < 1.29 is 13.2 Å². The number of nitrogen functional groups attached to an aromatic ring is 1. The number of ether oxygens (including phenoxy) is 1. The molecular formula is C11H17ClN2O3S. The molecule has 0 aliphatic heterocycles. The van der Waals surface area contributed by atoms with Gasteiger partial charge in [-0.3, -0.25) is 0 Å². The Bertz CT molecular complexity index is 504. The fourth-order valence-electron chi connectivity index (χ4n) is 1.67. The lowest BCUT2D eigenvalue weighted by atomic mass is 10.3. The van der Waals surface area contributed by atoms with Gasteiger partial charge in [0, 0.05) is 13.1 Å². The maximum atomic E-state index is 12.3. The van der Waals surface area contributed by atoms with Crippen molar-refractivity contribution in [3.05, 3.63) is 17.2 Å². The van der Waals surface area contributed by atoms with Crippen molar-refractivity contribution in [2.45, 2.75) is 18.7 Å². The van der Waals surface area contributed by atoms with Crippen LogP contribution in [0.4, 0.5) is 5.69 Å². The van der Waals surface area contributed by atoms with Crippen LogP contribution in [0.25, 0.3) is 0 Å². The van der Waals surface area contributed by atoms with Gasteiger partial charge in [-0.05, 0) is 12.1 Å². The van der Waals surface area contributed by atoms with Gasteiger partial charge in [-0.1, -0.05) is 25.4 Å². The molecule has 102 valence electrons. The Balaban J connectivity index is 3.35. The highest BCUT2D eigenvalue weighted by molar-refractivity contribution is 7.89. The summed E-state index contributed by atoms with van der Waals surface area (Å²) < 4.78 is 30.9. The first-order valence-electron chi connectivity index (χ1n) is 5.51. The van der Waals surface area contributed by atoms with Gasteiger partial charge in [-0.15, -0.1) is 0 Å². The molecule has 18 heavy (non-hydrogen) atoms. The SMILES string of the molecule is CCN(CC)S(=O)(=O)c1cc(N)c(OC)c(Cl)c1. The van der Waals surface area contributed by atoms with Gasteiger partial charge in [0.1, 0.15) is 0 Å². The summed E-state index contributed by atoms with van der Waals surface area (Å²) in [7, 11) is -2.13. The largest absolute Gasteiger partial charge is 0.493 e. The molecule has 0 heterocycles. The Hall–Kier alpha value is -0.980. The summed E-state index contributed by atoms with van der Waals surface area (Å²) in [5, 5.41) is 0.184. The third kappa shape index (κ3) is 2.71. The summed E-state index contributed by atoms with van der Waals surface area (Å²) in [6.07, 6.45) is 0. The molecule has 7 heteroatoms. The molecule has 0 saturated heterocycles. The second-order valence-corrected chi connectivity index (χ2v) is 5.96. The van der Waals surface area contributed by atoms with Gasteiger partial charge in [0.15, 0.2) is 5.75 Å². The van der Waals surface area contributed by atoms with Crippen molar-refractivity contribution in [3.63, 3.8) is 0 Å². The van der Waals surface area contributed by atoms with E-state index in [2.05, 4.69) is 0 Å². The molecule has 0 aromatic heterocycles. The molecule has 0 spiro atoms. The number of nitrogens with two attached hydrogens (primary N) is 1. The van der Waals surface area contributed by atoms with Crippen LogP contribution >= 0.6 is 11.6 Å². The molecule has 1 aromatic carbocycles. The first-order chi connectivity index (χ1) is 8.38. The molecule has 0 aliphatic carbocycles. The van der Waals surface area contributed by atoms with E-state index in [9.17, 15) is 8.42 Å². The molecule has 0 amide bonds. The summed E-state index contributed by atoms with van der Waals surface area (Å²) in [6.45, 7) is 4.33. The van der Waals surface area contributed by atoms with E-state index < -0.39 is 10.0 Å². The fourth-order valence-corrected chi connectivity index (χ4v) is 3.55. The molecule has 0 unspecified atom stereocenters. The maximum Gasteiger partial charge on any atom is 0.243 e. The van der Waals surface area contributed by atoms with Crippen LogP contribution in [0.15, 0.2) is 17.0 Å². The molecule has 5 nitrogen and oxygen atoms in total. The molecule has 1 rings (SSSR count). The predicted octanol–water partition coefficient (Wildman–Crippen LogP) is 1.96. The Labute approximate surface area is 113 Å². The minimum atomic E-state index is -3.56. The zero-order valence-electron chi connectivity index (χ0n) is 10.6. The van der Waals surface area contributed by atoms with Gasteiger partial charge in [0.05, 0.1) is 22.7 Å². The van der Waals surface area contributed by atoms with E-state index in [0.717, 1.165) is 0 Å². The highest BCUT2D eigenvalue weighted by atomic mass is 35.5. The van der Waals surface area contributed by atoms with Crippen molar-refractivity contribution in [2.24, 2.45) is 0 Å². The number of hydrogen-bond acceptors (Lipinski definition) is 4. The van der Waals surface area contributed by atoms with E-state index >= 15 is 0 Å². The van der Waals surface area contributed by atoms with Gasteiger partial charge in [0.2, 0.25) is 10.0 Å². The highest BCUT2D eigenvalue weighted by Gasteiger charge is 2.23. The van der Waals surface area contributed by atoms with Crippen LogP contribution < -0.4 is 10.5 Å². The van der Waals surface area contributed by atoms with Crippen LogP contribution in [0, 0.1) is 0 Å². The Morgan fingerprint density at radius 1 is 1.33 bits per heavy atom. The van der Waals surface area contributed by atoms with Gasteiger partial charge >= 0.3 is 0 Å². The number of hydrogen-bond donors (Lipinski definition) is 1. The maximum absolute atomic E-state index is 12.3. The van der Waals surface area contributed by atoms with Crippen molar-refractivity contribution in [1.82, 2.24) is 4.31 Å². The average Bonchev–Trinajstić information content (AvgIpc) is 2.29. The number of methoxy groups -OCH3 is 1. The number of anilines is 1. The summed E-state index contributed by atoms with van der Waals surface area (Å²) in [5.41, 5.74) is 5.92. The van der Waals surface area contributed by atoms with Crippen molar-refractivity contribution in [3.8, 4) is 5.75 Å². The van der Waals surface area contributed by atoms with Gasteiger partial charge in [0.25, 0.3) is 0 Å². The normalized spacial score (nSPS) is 11.8.